The summed E-state index contributed by atoms with van der Waals surface area (Å²) in [4.78, 5) is 6.84. The minimum atomic E-state index is 0.876. The van der Waals surface area contributed by atoms with Crippen LogP contribution in [0.3, 0.4) is 0 Å². The van der Waals surface area contributed by atoms with E-state index in [-0.39, 0.29) is 0 Å². The lowest BCUT2D eigenvalue weighted by atomic mass is 10.0. The Hall–Kier alpha value is -2.46. The van der Waals surface area contributed by atoms with E-state index in [4.69, 9.17) is 4.42 Å². The van der Waals surface area contributed by atoms with Crippen LogP contribution in [-0.4, -0.2) is 13.6 Å². The van der Waals surface area contributed by atoms with Gasteiger partial charge in [0, 0.05) is 29.6 Å². The number of nitrogens with one attached hydrogen (secondary N) is 1. The summed E-state index contributed by atoms with van der Waals surface area (Å²) in [5.41, 5.74) is 3.62. The summed E-state index contributed by atoms with van der Waals surface area (Å²) in [7, 11) is 2.10. The number of hydrogen-bond donors (Lipinski definition) is 1. The van der Waals surface area contributed by atoms with Gasteiger partial charge in [-0.05, 0) is 43.7 Å². The number of para-hydroxylation sites is 1. The summed E-state index contributed by atoms with van der Waals surface area (Å²) >= 11 is 1.78. The number of thioether (sulfide) groups is 1. The van der Waals surface area contributed by atoms with Crippen molar-refractivity contribution in [2.75, 3.05) is 18.5 Å². The molecule has 0 saturated carbocycles. The second-order valence-electron chi connectivity index (χ2n) is 6.18. The second kappa shape index (κ2) is 6.45. The smallest absolute Gasteiger partial charge is 0.202 e. The predicted molar refractivity (Wildman–Crippen MR) is 103 cm³/mol. The van der Waals surface area contributed by atoms with Crippen molar-refractivity contribution >= 4 is 23.5 Å². The third-order valence-corrected chi connectivity index (χ3v) is 5.58. The van der Waals surface area contributed by atoms with E-state index >= 15 is 0 Å². The molecule has 3 nitrogen and oxygen atoms in total. The van der Waals surface area contributed by atoms with E-state index in [1.165, 1.54) is 21.2 Å². The van der Waals surface area contributed by atoms with Crippen LogP contribution >= 0.6 is 11.8 Å². The fourth-order valence-corrected chi connectivity index (χ4v) is 4.23. The summed E-state index contributed by atoms with van der Waals surface area (Å²) in [6.07, 6.45) is 2.12. The molecule has 3 aliphatic rings. The molecule has 0 saturated heterocycles. The first-order valence-corrected chi connectivity index (χ1v) is 9.31. The molecule has 1 aliphatic carbocycles. The number of aryl methyl sites for hydroxylation is 1. The van der Waals surface area contributed by atoms with Crippen LogP contribution in [0.2, 0.25) is 0 Å². The molecule has 126 valence electrons. The van der Waals surface area contributed by atoms with Crippen LogP contribution in [0.15, 0.2) is 62.9 Å². The Balaban J connectivity index is 1.78. The molecule has 1 aromatic carbocycles. The molecule has 0 spiro atoms. The number of anilines is 1. The van der Waals surface area contributed by atoms with Gasteiger partial charge in [0.1, 0.15) is 18.1 Å². The highest BCUT2D eigenvalue weighted by Gasteiger charge is 2.21. The Bertz CT molecular complexity index is 1000. The molecule has 4 heteroatoms. The lowest BCUT2D eigenvalue weighted by molar-refractivity contribution is -0.496. The lowest BCUT2D eigenvalue weighted by Gasteiger charge is -2.14. The fourth-order valence-electron chi connectivity index (χ4n) is 3.13. The SMILES string of the molecule is CC[NH+]=c1ccc2c(C)cc(/C=C3/Sc4ccccc4N3C)oc-2c1. The quantitative estimate of drug-likeness (QED) is 0.770. The highest BCUT2D eigenvalue weighted by atomic mass is 32.2. The van der Waals surface area contributed by atoms with Gasteiger partial charge in [-0.25, -0.2) is 4.99 Å². The standard InChI is InChI=1S/C21H20N2OS/c1-4-22-15-9-10-17-14(2)11-16(24-19(17)12-15)13-21-23(3)18-7-5-6-8-20(18)25-21/h5-13H,4H2,1-3H3/p+1/b21-13+,22-15?. The Kier molecular flexibility index (Phi) is 4.14. The van der Waals surface area contributed by atoms with Crippen LogP contribution in [0, 0.1) is 6.92 Å². The van der Waals surface area contributed by atoms with Crippen molar-refractivity contribution < 1.29 is 9.41 Å². The number of rotatable bonds is 2. The second-order valence-corrected chi connectivity index (χ2v) is 7.25. The van der Waals surface area contributed by atoms with Gasteiger partial charge in [-0.3, -0.25) is 0 Å². The van der Waals surface area contributed by atoms with Crippen LogP contribution in [-0.2, 0) is 0 Å². The molecule has 4 rings (SSSR count). The summed E-state index contributed by atoms with van der Waals surface area (Å²) in [6.45, 7) is 5.12. The number of nitrogens with zero attached hydrogens (tertiary/aromatic N) is 1. The minimum absolute atomic E-state index is 0.876. The number of hydrogen-bond acceptors (Lipinski definition) is 3. The van der Waals surface area contributed by atoms with E-state index < -0.39 is 0 Å². The highest BCUT2D eigenvalue weighted by Crippen LogP contribution is 2.45. The van der Waals surface area contributed by atoms with E-state index in [1.807, 2.05) is 0 Å². The van der Waals surface area contributed by atoms with E-state index in [1.54, 1.807) is 11.8 Å². The summed E-state index contributed by atoms with van der Waals surface area (Å²) in [5.74, 6) is 1.79. The van der Waals surface area contributed by atoms with Crippen molar-refractivity contribution in [1.82, 2.24) is 0 Å². The molecule has 1 N–H and O–H groups in total. The zero-order valence-corrected chi connectivity index (χ0v) is 15.5. The first kappa shape index (κ1) is 16.0. The summed E-state index contributed by atoms with van der Waals surface area (Å²) in [6, 6.07) is 16.9. The topological polar surface area (TPSA) is 30.4 Å². The van der Waals surface area contributed by atoms with Crippen LogP contribution < -0.4 is 15.2 Å². The van der Waals surface area contributed by atoms with Crippen molar-refractivity contribution in [1.29, 1.82) is 0 Å². The average Bonchev–Trinajstić information content (AvgIpc) is 2.91. The van der Waals surface area contributed by atoms with Gasteiger partial charge in [-0.15, -0.1) is 0 Å². The van der Waals surface area contributed by atoms with E-state index in [9.17, 15) is 0 Å². The van der Waals surface area contributed by atoms with Crippen molar-refractivity contribution in [2.24, 2.45) is 0 Å². The third kappa shape index (κ3) is 2.98. The van der Waals surface area contributed by atoms with Gasteiger partial charge in [-0.2, -0.15) is 0 Å². The van der Waals surface area contributed by atoms with Crippen LogP contribution in [0.1, 0.15) is 18.2 Å². The van der Waals surface area contributed by atoms with Crippen molar-refractivity contribution in [3.05, 3.63) is 70.2 Å². The maximum Gasteiger partial charge on any atom is 0.202 e. The zero-order chi connectivity index (χ0) is 17.4. The molecule has 0 aromatic heterocycles. The molecule has 0 unspecified atom stereocenters. The highest BCUT2D eigenvalue weighted by molar-refractivity contribution is 8.03. The molecule has 0 atom stereocenters. The molecule has 0 fully saturated rings. The van der Waals surface area contributed by atoms with Gasteiger partial charge in [0.2, 0.25) is 5.36 Å². The first-order chi connectivity index (χ1) is 12.2. The Morgan fingerprint density at radius 1 is 1.16 bits per heavy atom. The maximum atomic E-state index is 6.18. The summed E-state index contributed by atoms with van der Waals surface area (Å²) < 4.78 is 6.18. The van der Waals surface area contributed by atoms with Gasteiger partial charge < -0.3 is 9.32 Å². The van der Waals surface area contributed by atoms with Gasteiger partial charge in [0.05, 0.1) is 16.8 Å². The monoisotopic (exact) mass is 349 g/mol. The van der Waals surface area contributed by atoms with Crippen molar-refractivity contribution in [3.63, 3.8) is 0 Å². The molecule has 1 aromatic rings. The molecular formula is C21H21N2OS+. The zero-order valence-electron chi connectivity index (χ0n) is 14.7. The molecule has 2 heterocycles. The third-order valence-electron chi connectivity index (χ3n) is 4.41. The van der Waals surface area contributed by atoms with Gasteiger partial charge >= 0.3 is 0 Å². The Morgan fingerprint density at radius 2 is 2.00 bits per heavy atom. The van der Waals surface area contributed by atoms with Gasteiger partial charge in [0.15, 0.2) is 0 Å². The van der Waals surface area contributed by atoms with Gasteiger partial charge in [0.25, 0.3) is 0 Å². The van der Waals surface area contributed by atoms with Crippen molar-refractivity contribution in [3.8, 4) is 11.3 Å². The van der Waals surface area contributed by atoms with Crippen LogP contribution in [0.25, 0.3) is 17.4 Å². The molecule has 0 bridgehead atoms. The minimum Gasteiger partial charge on any atom is -0.456 e. The normalized spacial score (nSPS) is 16.0. The van der Waals surface area contributed by atoms with Crippen molar-refractivity contribution in [2.45, 2.75) is 18.7 Å². The molecule has 25 heavy (non-hydrogen) atoms. The Morgan fingerprint density at radius 3 is 2.80 bits per heavy atom. The average molecular weight is 349 g/mol. The Labute approximate surface area is 152 Å². The first-order valence-electron chi connectivity index (χ1n) is 8.49. The summed E-state index contributed by atoms with van der Waals surface area (Å²) in [5, 5.41) is 2.26. The molecule has 0 amide bonds. The van der Waals surface area contributed by atoms with E-state index in [0.29, 0.717) is 0 Å². The maximum absolute atomic E-state index is 6.18. The molecule has 0 radical (unpaired) electrons. The molecule has 2 aliphatic heterocycles. The number of benzene rings is 2. The van der Waals surface area contributed by atoms with Gasteiger partial charge in [-0.1, -0.05) is 23.9 Å². The lowest BCUT2D eigenvalue weighted by Crippen LogP contribution is -2.75. The molecular weight excluding hydrogens is 328 g/mol. The largest absolute Gasteiger partial charge is 0.456 e. The fraction of sp³-hybridized carbons (Fsp3) is 0.190. The van der Waals surface area contributed by atoms with E-state index in [2.05, 4.69) is 85.4 Å². The predicted octanol–water partition coefficient (Wildman–Crippen LogP) is 3.23. The van der Waals surface area contributed by atoms with E-state index in [0.717, 1.165) is 29.0 Å². The number of fused-ring (bicyclic) bond motifs is 2. The van der Waals surface area contributed by atoms with Crippen LogP contribution in [0.4, 0.5) is 5.69 Å². The van der Waals surface area contributed by atoms with Crippen LogP contribution in [0.5, 0.6) is 0 Å².